The van der Waals surface area contributed by atoms with Crippen LogP contribution in [-0.2, 0) is 0 Å². The molecule has 0 aromatic carbocycles. The third kappa shape index (κ3) is 2.93. The zero-order valence-electron chi connectivity index (χ0n) is 13.2. The normalized spacial score (nSPS) is 24.5. The number of aromatic nitrogens is 1. The lowest BCUT2D eigenvalue weighted by atomic mass is 9.92. The summed E-state index contributed by atoms with van der Waals surface area (Å²) in [5.74, 6) is 3.11. The highest BCUT2D eigenvalue weighted by atomic mass is 32.1. The molecule has 2 aromatic rings. The molecule has 4 rings (SSSR count). The molecule has 2 atom stereocenters. The second-order valence-electron chi connectivity index (χ2n) is 6.50. The summed E-state index contributed by atoms with van der Waals surface area (Å²) < 4.78 is 5.59. The Morgan fingerprint density at radius 1 is 1.30 bits per heavy atom. The van der Waals surface area contributed by atoms with Gasteiger partial charge < -0.3 is 14.6 Å². The molecule has 0 saturated carbocycles. The number of nitrogens with zero attached hydrogens (tertiary/aromatic N) is 2. The molecule has 122 valence electrons. The van der Waals surface area contributed by atoms with E-state index in [-0.39, 0.29) is 5.91 Å². The molecule has 2 saturated heterocycles. The Labute approximate surface area is 139 Å². The molecule has 6 heteroatoms. The summed E-state index contributed by atoms with van der Waals surface area (Å²) >= 11 is 1.47. The van der Waals surface area contributed by atoms with Gasteiger partial charge in [-0.3, -0.25) is 4.79 Å². The lowest BCUT2D eigenvalue weighted by Gasteiger charge is -2.19. The Balaban J connectivity index is 1.47. The first kappa shape index (κ1) is 14.9. The number of hydrogen-bond acceptors (Lipinski definition) is 5. The number of furan rings is 1. The van der Waals surface area contributed by atoms with Crippen molar-refractivity contribution in [3.05, 3.63) is 29.0 Å². The number of thiazole rings is 1. The van der Waals surface area contributed by atoms with Gasteiger partial charge in [-0.2, -0.15) is 0 Å². The fraction of sp³-hybridized carbons (Fsp3) is 0.529. The van der Waals surface area contributed by atoms with Crippen LogP contribution in [0.3, 0.4) is 0 Å². The highest BCUT2D eigenvalue weighted by Crippen LogP contribution is 2.29. The quantitative estimate of drug-likeness (QED) is 0.919. The average Bonchev–Trinajstić information content (AvgIpc) is 3.26. The molecule has 23 heavy (non-hydrogen) atoms. The minimum Gasteiger partial charge on any atom is -0.459 e. The summed E-state index contributed by atoms with van der Waals surface area (Å²) in [6, 6.07) is 3.82. The van der Waals surface area contributed by atoms with E-state index in [0.29, 0.717) is 5.69 Å². The molecule has 5 nitrogen and oxygen atoms in total. The smallest absolute Gasteiger partial charge is 0.273 e. The fourth-order valence-electron chi connectivity index (χ4n) is 3.62. The van der Waals surface area contributed by atoms with Crippen LogP contribution in [0.5, 0.6) is 0 Å². The third-order valence-electron chi connectivity index (χ3n) is 4.98. The Morgan fingerprint density at radius 2 is 2.04 bits per heavy atom. The van der Waals surface area contributed by atoms with E-state index in [0.717, 1.165) is 67.4 Å². The molecule has 2 aromatic heterocycles. The number of carbonyl (C=O) groups excluding carboxylic acids is 1. The van der Waals surface area contributed by atoms with Crippen LogP contribution in [-0.4, -0.2) is 42.0 Å². The minimum atomic E-state index is 0.0590. The number of amides is 1. The molecule has 2 fully saturated rings. The second kappa shape index (κ2) is 6.09. The monoisotopic (exact) mass is 331 g/mol. The van der Waals surface area contributed by atoms with E-state index in [1.54, 1.807) is 0 Å². The number of rotatable bonds is 2. The van der Waals surface area contributed by atoms with E-state index in [4.69, 9.17) is 4.42 Å². The molecule has 0 radical (unpaired) electrons. The average molecular weight is 331 g/mol. The Morgan fingerprint density at radius 3 is 2.70 bits per heavy atom. The summed E-state index contributed by atoms with van der Waals surface area (Å²) in [5.41, 5.74) is 0.546. The van der Waals surface area contributed by atoms with Crippen LogP contribution in [0.15, 0.2) is 21.9 Å². The third-order valence-corrected chi connectivity index (χ3v) is 5.84. The van der Waals surface area contributed by atoms with E-state index in [1.807, 2.05) is 29.3 Å². The van der Waals surface area contributed by atoms with E-state index in [1.165, 1.54) is 11.3 Å². The topological polar surface area (TPSA) is 58.4 Å². The molecular weight excluding hydrogens is 310 g/mol. The minimum absolute atomic E-state index is 0.0590. The fourth-order valence-corrected chi connectivity index (χ4v) is 4.37. The van der Waals surface area contributed by atoms with E-state index >= 15 is 0 Å². The first-order valence-corrected chi connectivity index (χ1v) is 9.11. The lowest BCUT2D eigenvalue weighted by molar-refractivity contribution is 0.0753. The highest BCUT2D eigenvalue weighted by Gasteiger charge is 2.32. The number of likely N-dealkylation sites (tertiary alicyclic amines) is 1. The van der Waals surface area contributed by atoms with Gasteiger partial charge in [0, 0.05) is 18.5 Å². The van der Waals surface area contributed by atoms with Gasteiger partial charge in [0.05, 0.1) is 0 Å². The molecular formula is C17H21N3O2S. The van der Waals surface area contributed by atoms with Gasteiger partial charge in [-0.1, -0.05) is 0 Å². The SMILES string of the molecule is Cc1ccc(-c2nc(C(=O)N3CC[C@@H]4CNC[C@@H]4CC3)cs2)o1. The van der Waals surface area contributed by atoms with Crippen molar-refractivity contribution in [2.75, 3.05) is 26.2 Å². The van der Waals surface area contributed by atoms with Crippen molar-refractivity contribution in [2.45, 2.75) is 19.8 Å². The van der Waals surface area contributed by atoms with Crippen molar-refractivity contribution in [3.8, 4) is 10.8 Å². The molecule has 2 aliphatic heterocycles. The Bertz CT molecular complexity index is 694. The van der Waals surface area contributed by atoms with Gasteiger partial charge in [-0.05, 0) is 56.8 Å². The van der Waals surface area contributed by atoms with Crippen LogP contribution in [0.1, 0.15) is 29.1 Å². The van der Waals surface area contributed by atoms with Crippen molar-refractivity contribution < 1.29 is 9.21 Å². The van der Waals surface area contributed by atoms with Crippen LogP contribution in [0.2, 0.25) is 0 Å². The summed E-state index contributed by atoms with van der Waals surface area (Å²) in [4.78, 5) is 19.2. The number of nitrogens with one attached hydrogen (secondary N) is 1. The summed E-state index contributed by atoms with van der Waals surface area (Å²) in [5, 5.41) is 6.09. The number of carbonyl (C=O) groups is 1. The van der Waals surface area contributed by atoms with Crippen LogP contribution in [0.4, 0.5) is 0 Å². The number of fused-ring (bicyclic) bond motifs is 1. The van der Waals surface area contributed by atoms with Crippen LogP contribution in [0.25, 0.3) is 10.8 Å². The van der Waals surface area contributed by atoms with Crippen LogP contribution >= 0.6 is 11.3 Å². The van der Waals surface area contributed by atoms with Crippen molar-refractivity contribution in [1.29, 1.82) is 0 Å². The molecule has 2 aliphatic rings. The van der Waals surface area contributed by atoms with E-state index in [9.17, 15) is 4.79 Å². The van der Waals surface area contributed by atoms with E-state index in [2.05, 4.69) is 10.3 Å². The highest BCUT2D eigenvalue weighted by molar-refractivity contribution is 7.13. The second-order valence-corrected chi connectivity index (χ2v) is 7.35. The van der Waals surface area contributed by atoms with Gasteiger partial charge >= 0.3 is 0 Å². The maximum absolute atomic E-state index is 12.7. The van der Waals surface area contributed by atoms with Gasteiger partial charge in [0.25, 0.3) is 5.91 Å². The van der Waals surface area contributed by atoms with Gasteiger partial charge in [-0.25, -0.2) is 4.98 Å². The van der Waals surface area contributed by atoms with Crippen molar-refractivity contribution in [2.24, 2.45) is 11.8 Å². The molecule has 0 spiro atoms. The van der Waals surface area contributed by atoms with Gasteiger partial charge in [0.15, 0.2) is 10.8 Å². The lowest BCUT2D eigenvalue weighted by Crippen LogP contribution is -2.33. The molecule has 0 bridgehead atoms. The standard InChI is InChI=1S/C17H21N3O2S/c1-11-2-3-15(22-11)16-19-14(10-23-16)17(21)20-6-4-12-8-18-9-13(12)5-7-20/h2-3,10,12-13,18H,4-9H2,1H3/t12-,13+. The zero-order valence-corrected chi connectivity index (χ0v) is 14.1. The Hall–Kier alpha value is -1.66. The van der Waals surface area contributed by atoms with Crippen LogP contribution in [0, 0.1) is 18.8 Å². The van der Waals surface area contributed by atoms with Crippen LogP contribution < -0.4 is 5.32 Å². The molecule has 4 heterocycles. The number of hydrogen-bond donors (Lipinski definition) is 1. The molecule has 0 unspecified atom stereocenters. The van der Waals surface area contributed by atoms with Gasteiger partial charge in [0.1, 0.15) is 11.5 Å². The van der Waals surface area contributed by atoms with Crippen molar-refractivity contribution in [3.63, 3.8) is 0 Å². The number of aryl methyl sites for hydroxylation is 1. The van der Waals surface area contributed by atoms with Crippen molar-refractivity contribution in [1.82, 2.24) is 15.2 Å². The summed E-state index contributed by atoms with van der Waals surface area (Å²) in [7, 11) is 0. The predicted molar refractivity (Wildman–Crippen MR) is 89.5 cm³/mol. The predicted octanol–water partition coefficient (Wildman–Crippen LogP) is 2.78. The van der Waals surface area contributed by atoms with Crippen molar-refractivity contribution >= 4 is 17.2 Å². The first-order valence-electron chi connectivity index (χ1n) is 8.23. The van der Waals surface area contributed by atoms with Gasteiger partial charge in [-0.15, -0.1) is 11.3 Å². The zero-order chi connectivity index (χ0) is 15.8. The van der Waals surface area contributed by atoms with E-state index < -0.39 is 0 Å². The molecule has 0 aliphatic carbocycles. The summed E-state index contributed by atoms with van der Waals surface area (Å²) in [6.07, 6.45) is 2.19. The first-order chi connectivity index (χ1) is 11.2. The Kier molecular flexibility index (Phi) is 3.95. The maximum Gasteiger partial charge on any atom is 0.273 e. The summed E-state index contributed by atoms with van der Waals surface area (Å²) in [6.45, 7) is 5.80. The molecule has 1 N–H and O–H groups in total. The largest absolute Gasteiger partial charge is 0.459 e. The molecule has 1 amide bonds. The maximum atomic E-state index is 12.7. The van der Waals surface area contributed by atoms with Gasteiger partial charge in [0.2, 0.25) is 0 Å².